The summed E-state index contributed by atoms with van der Waals surface area (Å²) in [5.41, 5.74) is 0.219. The van der Waals surface area contributed by atoms with E-state index in [-0.39, 0.29) is 22.9 Å². The van der Waals surface area contributed by atoms with E-state index in [1.165, 1.54) is 25.4 Å². The summed E-state index contributed by atoms with van der Waals surface area (Å²) >= 11 is 1.96. The Hall–Kier alpha value is -1.77. The normalized spacial score (nSPS) is 10.3. The molecule has 0 radical (unpaired) electrons. The van der Waals surface area contributed by atoms with Crippen LogP contribution in [-0.2, 0) is 0 Å². The Balaban J connectivity index is 2.40. The van der Waals surface area contributed by atoms with Gasteiger partial charge >= 0.3 is 5.97 Å². The second kappa shape index (κ2) is 5.47. The molecule has 1 aromatic heterocycles. The van der Waals surface area contributed by atoms with Crippen LogP contribution in [0.1, 0.15) is 16.1 Å². The first kappa shape index (κ1) is 13.7. The molecule has 19 heavy (non-hydrogen) atoms. The van der Waals surface area contributed by atoms with Crippen LogP contribution in [0.15, 0.2) is 24.5 Å². The number of hydrogen-bond acceptors (Lipinski definition) is 4. The Bertz CT molecular complexity index is 649. The van der Waals surface area contributed by atoms with Gasteiger partial charge in [-0.15, -0.1) is 0 Å². The summed E-state index contributed by atoms with van der Waals surface area (Å²) in [6, 6.07) is 4.34. The van der Waals surface area contributed by atoms with Crippen molar-refractivity contribution in [2.45, 2.75) is 6.92 Å². The second-order valence-electron chi connectivity index (χ2n) is 3.63. The van der Waals surface area contributed by atoms with E-state index in [2.05, 4.69) is 9.97 Å². The van der Waals surface area contributed by atoms with Crippen LogP contribution < -0.4 is 4.74 Å². The molecule has 2 aromatic rings. The van der Waals surface area contributed by atoms with Crippen molar-refractivity contribution in [1.29, 1.82) is 0 Å². The zero-order valence-corrected chi connectivity index (χ0v) is 11.9. The zero-order chi connectivity index (χ0) is 14.0. The minimum absolute atomic E-state index is 0.0570. The standard InChI is InChI=1S/C12H8FIN2O3/c1-6-10(13)11(16-5-15-6)19-9-4-7(12(17)18)2-3-8(9)14/h2-5H,1H3,(H,17,18). The van der Waals surface area contributed by atoms with Crippen molar-refractivity contribution in [3.8, 4) is 11.6 Å². The average Bonchev–Trinajstić information content (AvgIpc) is 2.37. The number of rotatable bonds is 3. The number of benzene rings is 1. The Morgan fingerprint density at radius 2 is 2.16 bits per heavy atom. The number of carboxylic acid groups (broad SMARTS) is 1. The van der Waals surface area contributed by atoms with Crippen molar-refractivity contribution in [2.24, 2.45) is 0 Å². The van der Waals surface area contributed by atoms with Gasteiger partial charge in [0.15, 0.2) is 0 Å². The molecule has 1 aromatic carbocycles. The van der Waals surface area contributed by atoms with Gasteiger partial charge in [0.05, 0.1) is 14.8 Å². The molecule has 0 saturated carbocycles. The smallest absolute Gasteiger partial charge is 0.335 e. The number of aromatic carboxylic acids is 1. The highest BCUT2D eigenvalue weighted by atomic mass is 127. The van der Waals surface area contributed by atoms with E-state index < -0.39 is 11.8 Å². The molecule has 1 N–H and O–H groups in total. The second-order valence-corrected chi connectivity index (χ2v) is 4.79. The van der Waals surface area contributed by atoms with Crippen molar-refractivity contribution in [2.75, 3.05) is 0 Å². The van der Waals surface area contributed by atoms with Gasteiger partial charge in [0.25, 0.3) is 5.88 Å². The molecular formula is C12H8FIN2O3. The van der Waals surface area contributed by atoms with Gasteiger partial charge in [-0.1, -0.05) is 0 Å². The molecule has 0 amide bonds. The van der Waals surface area contributed by atoms with Crippen LogP contribution in [0, 0.1) is 16.3 Å². The number of aryl methyl sites for hydroxylation is 1. The molecule has 5 nitrogen and oxygen atoms in total. The fourth-order valence-corrected chi connectivity index (χ4v) is 1.77. The van der Waals surface area contributed by atoms with Gasteiger partial charge in [-0.25, -0.2) is 9.78 Å². The van der Waals surface area contributed by atoms with Gasteiger partial charge in [-0.3, -0.25) is 0 Å². The van der Waals surface area contributed by atoms with Crippen LogP contribution in [0.4, 0.5) is 4.39 Å². The van der Waals surface area contributed by atoms with E-state index >= 15 is 0 Å². The third-order valence-corrected chi connectivity index (χ3v) is 3.21. The molecule has 0 atom stereocenters. The van der Waals surface area contributed by atoms with E-state index in [4.69, 9.17) is 9.84 Å². The monoisotopic (exact) mass is 374 g/mol. The molecule has 0 aliphatic heterocycles. The lowest BCUT2D eigenvalue weighted by molar-refractivity contribution is 0.0696. The van der Waals surface area contributed by atoms with E-state index in [1.54, 1.807) is 6.07 Å². The first-order chi connectivity index (χ1) is 8.99. The van der Waals surface area contributed by atoms with Crippen LogP contribution in [0.3, 0.4) is 0 Å². The highest BCUT2D eigenvalue weighted by Crippen LogP contribution is 2.28. The number of aromatic nitrogens is 2. The van der Waals surface area contributed by atoms with Crippen molar-refractivity contribution in [3.63, 3.8) is 0 Å². The maximum Gasteiger partial charge on any atom is 0.335 e. The minimum Gasteiger partial charge on any atom is -0.478 e. The van der Waals surface area contributed by atoms with Crippen molar-refractivity contribution >= 4 is 28.6 Å². The number of carbonyl (C=O) groups is 1. The molecule has 98 valence electrons. The SMILES string of the molecule is Cc1ncnc(Oc2cc(C(=O)O)ccc2I)c1F. The van der Waals surface area contributed by atoms with Crippen LogP contribution in [0.5, 0.6) is 11.6 Å². The largest absolute Gasteiger partial charge is 0.478 e. The number of nitrogens with zero attached hydrogens (tertiary/aromatic N) is 2. The van der Waals surface area contributed by atoms with E-state index in [1.807, 2.05) is 22.6 Å². The number of hydrogen-bond donors (Lipinski definition) is 1. The maximum atomic E-state index is 13.7. The van der Waals surface area contributed by atoms with Gasteiger partial charge in [0, 0.05) is 0 Å². The highest BCUT2D eigenvalue weighted by Gasteiger charge is 2.13. The molecule has 7 heteroatoms. The lowest BCUT2D eigenvalue weighted by atomic mass is 10.2. The third-order valence-electron chi connectivity index (χ3n) is 2.32. The van der Waals surface area contributed by atoms with E-state index in [9.17, 15) is 9.18 Å². The molecule has 0 aliphatic carbocycles. The number of carboxylic acids is 1. The van der Waals surface area contributed by atoms with Gasteiger partial charge in [-0.2, -0.15) is 9.37 Å². The van der Waals surface area contributed by atoms with Crippen LogP contribution >= 0.6 is 22.6 Å². The Kier molecular flexibility index (Phi) is 3.93. The average molecular weight is 374 g/mol. The summed E-state index contributed by atoms with van der Waals surface area (Å²) in [5, 5.41) is 8.91. The molecule has 0 spiro atoms. The predicted molar refractivity (Wildman–Crippen MR) is 72.9 cm³/mol. The quantitative estimate of drug-likeness (QED) is 0.837. The predicted octanol–water partition coefficient (Wildman–Crippen LogP) is 3.02. The summed E-state index contributed by atoms with van der Waals surface area (Å²) in [7, 11) is 0. The highest BCUT2D eigenvalue weighted by molar-refractivity contribution is 14.1. The molecular weight excluding hydrogens is 366 g/mol. The van der Waals surface area contributed by atoms with Crippen LogP contribution in [0.25, 0.3) is 0 Å². The Morgan fingerprint density at radius 3 is 2.84 bits per heavy atom. The van der Waals surface area contributed by atoms with Crippen molar-refractivity contribution in [3.05, 3.63) is 45.2 Å². The summed E-state index contributed by atoms with van der Waals surface area (Å²) in [4.78, 5) is 18.3. The molecule has 0 aliphatic rings. The summed E-state index contributed by atoms with van der Waals surface area (Å²) in [5.74, 6) is -1.75. The molecule has 1 heterocycles. The van der Waals surface area contributed by atoms with Crippen molar-refractivity contribution in [1.82, 2.24) is 9.97 Å². The Morgan fingerprint density at radius 1 is 1.42 bits per heavy atom. The molecule has 0 saturated heterocycles. The molecule has 2 rings (SSSR count). The van der Waals surface area contributed by atoms with E-state index in [0.29, 0.717) is 3.57 Å². The van der Waals surface area contributed by atoms with E-state index in [0.717, 1.165) is 0 Å². The third kappa shape index (κ3) is 2.98. The maximum absolute atomic E-state index is 13.7. The topological polar surface area (TPSA) is 72.3 Å². The molecule has 0 fully saturated rings. The molecule has 0 bridgehead atoms. The first-order valence-corrected chi connectivity index (χ1v) is 6.24. The van der Waals surface area contributed by atoms with Gasteiger partial charge < -0.3 is 9.84 Å². The lowest BCUT2D eigenvalue weighted by Gasteiger charge is -2.08. The summed E-state index contributed by atoms with van der Waals surface area (Å²) in [6.07, 6.45) is 1.18. The summed E-state index contributed by atoms with van der Waals surface area (Å²) in [6.45, 7) is 1.49. The first-order valence-electron chi connectivity index (χ1n) is 5.17. The van der Waals surface area contributed by atoms with Crippen LogP contribution in [-0.4, -0.2) is 21.0 Å². The summed E-state index contributed by atoms with van der Waals surface area (Å²) < 4.78 is 19.7. The number of halogens is 2. The van der Waals surface area contributed by atoms with Gasteiger partial charge in [-0.05, 0) is 47.7 Å². The van der Waals surface area contributed by atoms with Crippen LogP contribution in [0.2, 0.25) is 0 Å². The minimum atomic E-state index is -1.08. The zero-order valence-electron chi connectivity index (χ0n) is 9.72. The van der Waals surface area contributed by atoms with Crippen molar-refractivity contribution < 1.29 is 19.0 Å². The van der Waals surface area contributed by atoms with Gasteiger partial charge in [0.1, 0.15) is 12.1 Å². The fourth-order valence-electron chi connectivity index (χ4n) is 1.33. The molecule has 0 unspecified atom stereocenters. The number of ether oxygens (including phenoxy) is 1. The lowest BCUT2D eigenvalue weighted by Crippen LogP contribution is -2.00. The van der Waals surface area contributed by atoms with Gasteiger partial charge in [0.2, 0.25) is 5.82 Å². The fraction of sp³-hybridized carbons (Fsp3) is 0.0833. The Labute approximate surface area is 121 Å².